The second-order valence-corrected chi connectivity index (χ2v) is 7.27. The van der Waals surface area contributed by atoms with Crippen LogP contribution in [0.3, 0.4) is 0 Å². The standard InChI is InChI=1S/C20H22N6O3/c1-28-12-14-10-26(23-22-14)19-18-20(27)24(11-15-6-4-5-9-29-15)16-7-2-3-8-17(16)25(18)13-21-19/h2-3,7-8,10,13,15H,4-6,9,11-12H2,1H3. The molecule has 1 aromatic carbocycles. The van der Waals surface area contributed by atoms with E-state index >= 15 is 0 Å². The van der Waals surface area contributed by atoms with Gasteiger partial charge in [0, 0.05) is 13.7 Å². The SMILES string of the molecule is COCc1cn(-c2ncn3c2c(=O)n(CC2CCCCO2)c2ccccc23)nn1. The summed E-state index contributed by atoms with van der Waals surface area (Å²) in [4.78, 5) is 18.0. The smallest absolute Gasteiger partial charge is 0.279 e. The van der Waals surface area contributed by atoms with Crippen LogP contribution in [0.4, 0.5) is 0 Å². The Morgan fingerprint density at radius 1 is 1.24 bits per heavy atom. The van der Waals surface area contributed by atoms with Crippen molar-refractivity contribution in [1.82, 2.24) is 28.9 Å². The Hall–Kier alpha value is -3.04. The highest BCUT2D eigenvalue weighted by Crippen LogP contribution is 2.21. The summed E-state index contributed by atoms with van der Waals surface area (Å²) in [5.74, 6) is 0.453. The van der Waals surface area contributed by atoms with E-state index in [2.05, 4.69) is 15.3 Å². The molecule has 1 atom stereocenters. The van der Waals surface area contributed by atoms with E-state index in [1.807, 2.05) is 28.7 Å². The molecular formula is C20H22N6O3. The summed E-state index contributed by atoms with van der Waals surface area (Å²) in [6, 6.07) is 7.85. The first-order valence-electron chi connectivity index (χ1n) is 9.77. The van der Waals surface area contributed by atoms with Crippen molar-refractivity contribution in [2.24, 2.45) is 0 Å². The first kappa shape index (κ1) is 18.0. The zero-order chi connectivity index (χ0) is 19.8. The Bertz CT molecular complexity index is 1220. The highest BCUT2D eigenvalue weighted by molar-refractivity contribution is 5.80. The maximum Gasteiger partial charge on any atom is 0.279 e. The molecule has 4 aromatic rings. The summed E-state index contributed by atoms with van der Waals surface area (Å²) >= 11 is 0. The van der Waals surface area contributed by atoms with Crippen molar-refractivity contribution in [3.63, 3.8) is 0 Å². The predicted octanol–water partition coefficient (Wildman–Crippen LogP) is 1.95. The van der Waals surface area contributed by atoms with Crippen LogP contribution in [0, 0.1) is 0 Å². The zero-order valence-corrected chi connectivity index (χ0v) is 16.2. The van der Waals surface area contributed by atoms with Gasteiger partial charge in [-0.25, -0.2) is 4.98 Å². The molecule has 0 saturated carbocycles. The molecule has 5 rings (SSSR count). The van der Waals surface area contributed by atoms with Crippen molar-refractivity contribution in [1.29, 1.82) is 0 Å². The summed E-state index contributed by atoms with van der Waals surface area (Å²) < 4.78 is 16.2. The molecule has 1 aliphatic rings. The molecule has 0 amide bonds. The van der Waals surface area contributed by atoms with Crippen LogP contribution in [0.25, 0.3) is 22.4 Å². The second kappa shape index (κ2) is 7.41. The molecule has 0 bridgehead atoms. The van der Waals surface area contributed by atoms with Crippen LogP contribution in [0.2, 0.25) is 0 Å². The molecule has 1 unspecified atom stereocenters. The molecule has 0 aliphatic carbocycles. The van der Waals surface area contributed by atoms with Crippen LogP contribution in [0.5, 0.6) is 0 Å². The number of nitrogens with zero attached hydrogens (tertiary/aromatic N) is 6. The number of benzene rings is 1. The molecule has 9 heteroatoms. The van der Waals surface area contributed by atoms with Gasteiger partial charge >= 0.3 is 0 Å². The van der Waals surface area contributed by atoms with Crippen LogP contribution in [-0.2, 0) is 22.6 Å². The minimum atomic E-state index is -0.117. The molecule has 29 heavy (non-hydrogen) atoms. The predicted molar refractivity (Wildman–Crippen MR) is 106 cm³/mol. The number of para-hydroxylation sites is 2. The maximum atomic E-state index is 13.6. The molecule has 150 valence electrons. The fraction of sp³-hybridized carbons (Fsp3) is 0.400. The van der Waals surface area contributed by atoms with Gasteiger partial charge in [0.1, 0.15) is 12.0 Å². The lowest BCUT2D eigenvalue weighted by Gasteiger charge is -2.24. The minimum Gasteiger partial charge on any atom is -0.378 e. The van der Waals surface area contributed by atoms with Crippen LogP contribution >= 0.6 is 0 Å². The summed E-state index contributed by atoms with van der Waals surface area (Å²) in [6.45, 7) is 1.61. The Kier molecular flexibility index (Phi) is 4.61. The normalized spacial score (nSPS) is 17.3. The average molecular weight is 394 g/mol. The average Bonchev–Trinajstić information content (AvgIpc) is 3.39. The van der Waals surface area contributed by atoms with Crippen LogP contribution in [0.15, 0.2) is 41.6 Å². The topological polar surface area (TPSA) is 88.5 Å². The van der Waals surface area contributed by atoms with Crippen LogP contribution < -0.4 is 5.56 Å². The van der Waals surface area contributed by atoms with Gasteiger partial charge in [-0.15, -0.1) is 5.10 Å². The summed E-state index contributed by atoms with van der Waals surface area (Å²) in [5.41, 5.74) is 2.79. The third-order valence-electron chi connectivity index (χ3n) is 5.34. The Labute approximate surface area is 166 Å². The van der Waals surface area contributed by atoms with Gasteiger partial charge in [-0.3, -0.25) is 9.20 Å². The fourth-order valence-corrected chi connectivity index (χ4v) is 3.97. The number of hydrogen-bond acceptors (Lipinski definition) is 6. The second-order valence-electron chi connectivity index (χ2n) is 7.27. The van der Waals surface area contributed by atoms with Crippen LogP contribution in [0.1, 0.15) is 25.0 Å². The van der Waals surface area contributed by atoms with E-state index in [0.29, 0.717) is 30.2 Å². The first-order chi connectivity index (χ1) is 14.3. The maximum absolute atomic E-state index is 13.6. The van der Waals surface area contributed by atoms with Gasteiger partial charge < -0.3 is 14.0 Å². The molecule has 4 heterocycles. The van der Waals surface area contributed by atoms with E-state index in [9.17, 15) is 4.79 Å². The van der Waals surface area contributed by atoms with Crippen LogP contribution in [-0.4, -0.2) is 48.8 Å². The number of methoxy groups -OCH3 is 1. The molecule has 9 nitrogen and oxygen atoms in total. The van der Waals surface area contributed by atoms with Gasteiger partial charge in [0.2, 0.25) is 0 Å². The molecule has 0 N–H and O–H groups in total. The van der Waals surface area contributed by atoms with Crippen molar-refractivity contribution in [3.8, 4) is 5.82 Å². The fourth-order valence-electron chi connectivity index (χ4n) is 3.97. The highest BCUT2D eigenvalue weighted by Gasteiger charge is 2.21. The third-order valence-corrected chi connectivity index (χ3v) is 5.34. The molecular weight excluding hydrogens is 372 g/mol. The quantitative estimate of drug-likeness (QED) is 0.514. The lowest BCUT2D eigenvalue weighted by atomic mass is 10.1. The van der Waals surface area contributed by atoms with Crippen molar-refractivity contribution in [3.05, 3.63) is 52.8 Å². The van der Waals surface area contributed by atoms with Gasteiger partial charge in [0.25, 0.3) is 5.56 Å². The number of imidazole rings is 1. The first-order valence-corrected chi connectivity index (χ1v) is 9.77. The molecule has 1 fully saturated rings. The van der Waals surface area contributed by atoms with Gasteiger partial charge in [0.05, 0.1) is 36.5 Å². The lowest BCUT2D eigenvalue weighted by Crippen LogP contribution is -2.32. The molecule has 1 aliphatic heterocycles. The van der Waals surface area contributed by atoms with Gasteiger partial charge in [0.15, 0.2) is 11.3 Å². The summed E-state index contributed by atoms with van der Waals surface area (Å²) in [5, 5.41) is 8.22. The molecule has 0 radical (unpaired) electrons. The molecule has 0 spiro atoms. The minimum absolute atomic E-state index is 0.0401. The number of hydrogen-bond donors (Lipinski definition) is 0. The van der Waals surface area contributed by atoms with E-state index < -0.39 is 0 Å². The van der Waals surface area contributed by atoms with E-state index in [1.54, 1.807) is 24.2 Å². The third kappa shape index (κ3) is 3.12. The van der Waals surface area contributed by atoms with E-state index in [1.165, 1.54) is 4.68 Å². The summed E-state index contributed by atoms with van der Waals surface area (Å²) in [7, 11) is 1.60. The Morgan fingerprint density at radius 2 is 2.10 bits per heavy atom. The molecule has 1 saturated heterocycles. The lowest BCUT2D eigenvalue weighted by molar-refractivity contribution is 0.00619. The number of ether oxygens (including phenoxy) is 2. The summed E-state index contributed by atoms with van der Waals surface area (Å²) in [6.07, 6.45) is 6.59. The van der Waals surface area contributed by atoms with Crippen molar-refractivity contribution < 1.29 is 9.47 Å². The Balaban J connectivity index is 1.70. The van der Waals surface area contributed by atoms with Crippen molar-refractivity contribution in [2.45, 2.75) is 38.5 Å². The van der Waals surface area contributed by atoms with E-state index in [4.69, 9.17) is 9.47 Å². The van der Waals surface area contributed by atoms with Crippen molar-refractivity contribution in [2.75, 3.05) is 13.7 Å². The number of fused-ring (bicyclic) bond motifs is 3. The van der Waals surface area contributed by atoms with E-state index in [-0.39, 0.29) is 11.7 Å². The monoisotopic (exact) mass is 394 g/mol. The van der Waals surface area contributed by atoms with Crippen molar-refractivity contribution >= 4 is 16.6 Å². The van der Waals surface area contributed by atoms with Gasteiger partial charge in [-0.1, -0.05) is 17.3 Å². The largest absolute Gasteiger partial charge is 0.378 e. The molecule has 3 aromatic heterocycles. The number of rotatable bonds is 5. The van der Waals surface area contributed by atoms with Gasteiger partial charge in [-0.05, 0) is 31.4 Å². The van der Waals surface area contributed by atoms with E-state index in [0.717, 1.165) is 36.9 Å². The Morgan fingerprint density at radius 3 is 2.90 bits per heavy atom. The number of aromatic nitrogens is 6. The zero-order valence-electron chi connectivity index (χ0n) is 16.2. The van der Waals surface area contributed by atoms with Gasteiger partial charge in [-0.2, -0.15) is 4.68 Å². The highest BCUT2D eigenvalue weighted by atomic mass is 16.5.